The first-order valence-electron chi connectivity index (χ1n) is 5.61. The van der Waals surface area contributed by atoms with E-state index in [4.69, 9.17) is 0 Å². The molecule has 0 bridgehead atoms. The van der Waals surface area contributed by atoms with Crippen LogP contribution in [0.2, 0.25) is 0 Å². The van der Waals surface area contributed by atoms with Crippen LogP contribution < -0.4 is 4.90 Å². The van der Waals surface area contributed by atoms with Crippen LogP contribution in [0.25, 0.3) is 0 Å². The molecule has 0 saturated carbocycles. The van der Waals surface area contributed by atoms with Crippen molar-refractivity contribution in [2.45, 2.75) is 12.8 Å². The fourth-order valence-corrected chi connectivity index (χ4v) is 1.88. The molecular weight excluding hydrogens is 202 g/mol. The zero-order chi connectivity index (χ0) is 11.5. The minimum atomic E-state index is 0.107. The summed E-state index contributed by atoms with van der Waals surface area (Å²) >= 11 is 0. The second kappa shape index (κ2) is 4.51. The third-order valence-corrected chi connectivity index (χ3v) is 2.85. The van der Waals surface area contributed by atoms with Gasteiger partial charge >= 0.3 is 0 Å². The highest BCUT2D eigenvalue weighted by Crippen LogP contribution is 2.14. The minimum Gasteiger partial charge on any atom is -0.363 e. The summed E-state index contributed by atoms with van der Waals surface area (Å²) in [6.45, 7) is 1.77. The summed E-state index contributed by atoms with van der Waals surface area (Å²) in [6.07, 6.45) is 3.90. The van der Waals surface area contributed by atoms with Crippen LogP contribution in [-0.4, -0.2) is 43.0 Å². The molecule has 0 aromatic carbocycles. The van der Waals surface area contributed by atoms with Crippen LogP contribution in [0.15, 0.2) is 18.3 Å². The van der Waals surface area contributed by atoms with Gasteiger partial charge in [0.05, 0.1) is 5.56 Å². The molecule has 1 saturated heterocycles. The molecule has 2 heterocycles. The standard InChI is InChI=1S/C12H17N3O/c1-14(2)11-6-5-10(9-13-11)12(16)15-7-3-4-8-15/h5-6,9H,3-4,7-8H2,1-2H3. The van der Waals surface area contributed by atoms with E-state index in [0.29, 0.717) is 5.56 Å². The van der Waals surface area contributed by atoms with Crippen molar-refractivity contribution >= 4 is 11.7 Å². The number of anilines is 1. The number of hydrogen-bond acceptors (Lipinski definition) is 3. The summed E-state index contributed by atoms with van der Waals surface area (Å²) in [6, 6.07) is 3.73. The first-order valence-corrected chi connectivity index (χ1v) is 5.61. The molecule has 0 atom stereocenters. The summed E-state index contributed by atoms with van der Waals surface area (Å²) in [5.41, 5.74) is 0.688. The van der Waals surface area contributed by atoms with Crippen LogP contribution in [0.4, 0.5) is 5.82 Å². The van der Waals surface area contributed by atoms with E-state index in [2.05, 4.69) is 4.98 Å². The van der Waals surface area contributed by atoms with Crippen LogP contribution in [-0.2, 0) is 0 Å². The Morgan fingerprint density at radius 2 is 2.00 bits per heavy atom. The van der Waals surface area contributed by atoms with Gasteiger partial charge < -0.3 is 9.80 Å². The number of nitrogens with zero attached hydrogens (tertiary/aromatic N) is 3. The van der Waals surface area contributed by atoms with Gasteiger partial charge in [-0.15, -0.1) is 0 Å². The van der Waals surface area contributed by atoms with E-state index < -0.39 is 0 Å². The molecule has 0 N–H and O–H groups in total. The second-order valence-electron chi connectivity index (χ2n) is 4.30. The normalized spacial score (nSPS) is 15.2. The summed E-state index contributed by atoms with van der Waals surface area (Å²) in [5, 5.41) is 0. The summed E-state index contributed by atoms with van der Waals surface area (Å²) in [7, 11) is 3.87. The number of hydrogen-bond donors (Lipinski definition) is 0. The van der Waals surface area contributed by atoms with Gasteiger partial charge in [-0.25, -0.2) is 4.98 Å². The largest absolute Gasteiger partial charge is 0.363 e. The Kier molecular flexibility index (Phi) is 3.08. The molecule has 1 aromatic rings. The summed E-state index contributed by atoms with van der Waals surface area (Å²) in [4.78, 5) is 20.1. The number of aromatic nitrogens is 1. The molecule has 4 heteroatoms. The maximum absolute atomic E-state index is 12.0. The van der Waals surface area contributed by atoms with E-state index in [-0.39, 0.29) is 5.91 Å². The topological polar surface area (TPSA) is 36.4 Å². The minimum absolute atomic E-state index is 0.107. The highest BCUT2D eigenvalue weighted by molar-refractivity contribution is 5.94. The third-order valence-electron chi connectivity index (χ3n) is 2.85. The van der Waals surface area contributed by atoms with Crippen molar-refractivity contribution < 1.29 is 4.79 Å². The maximum Gasteiger partial charge on any atom is 0.255 e. The molecule has 0 radical (unpaired) electrons. The average molecular weight is 219 g/mol. The van der Waals surface area contributed by atoms with E-state index in [1.54, 1.807) is 6.20 Å². The smallest absolute Gasteiger partial charge is 0.255 e. The molecule has 16 heavy (non-hydrogen) atoms. The Morgan fingerprint density at radius 3 is 2.50 bits per heavy atom. The van der Waals surface area contributed by atoms with Crippen molar-refractivity contribution in [3.8, 4) is 0 Å². The number of likely N-dealkylation sites (tertiary alicyclic amines) is 1. The van der Waals surface area contributed by atoms with Crippen LogP contribution in [0, 0.1) is 0 Å². The fraction of sp³-hybridized carbons (Fsp3) is 0.500. The van der Waals surface area contributed by atoms with Crippen molar-refractivity contribution in [3.05, 3.63) is 23.9 Å². The fourth-order valence-electron chi connectivity index (χ4n) is 1.88. The number of rotatable bonds is 2. The van der Waals surface area contributed by atoms with Crippen molar-refractivity contribution in [2.75, 3.05) is 32.1 Å². The van der Waals surface area contributed by atoms with Crippen molar-refractivity contribution in [2.24, 2.45) is 0 Å². The Morgan fingerprint density at radius 1 is 1.31 bits per heavy atom. The Bertz CT molecular complexity index is 366. The van der Waals surface area contributed by atoms with Gasteiger partial charge in [-0.05, 0) is 25.0 Å². The number of carbonyl (C=O) groups excluding carboxylic acids is 1. The zero-order valence-corrected chi connectivity index (χ0v) is 9.81. The molecule has 0 spiro atoms. The van der Waals surface area contributed by atoms with Crippen LogP contribution in [0.5, 0.6) is 0 Å². The van der Waals surface area contributed by atoms with Gasteiger partial charge in [0.15, 0.2) is 0 Å². The first-order chi connectivity index (χ1) is 7.68. The molecule has 1 fully saturated rings. The second-order valence-corrected chi connectivity index (χ2v) is 4.30. The third kappa shape index (κ3) is 2.15. The molecule has 1 aliphatic heterocycles. The zero-order valence-electron chi connectivity index (χ0n) is 9.81. The van der Waals surface area contributed by atoms with Crippen LogP contribution in [0.3, 0.4) is 0 Å². The lowest BCUT2D eigenvalue weighted by atomic mass is 10.2. The Hall–Kier alpha value is -1.58. The van der Waals surface area contributed by atoms with Crippen molar-refractivity contribution in [1.29, 1.82) is 0 Å². The van der Waals surface area contributed by atoms with Crippen molar-refractivity contribution in [1.82, 2.24) is 9.88 Å². The highest BCUT2D eigenvalue weighted by atomic mass is 16.2. The highest BCUT2D eigenvalue weighted by Gasteiger charge is 2.19. The van der Waals surface area contributed by atoms with Gasteiger partial charge in [-0.3, -0.25) is 4.79 Å². The van der Waals surface area contributed by atoms with Gasteiger partial charge in [0.1, 0.15) is 5.82 Å². The van der Waals surface area contributed by atoms with Gasteiger partial charge in [-0.2, -0.15) is 0 Å². The van der Waals surface area contributed by atoms with E-state index >= 15 is 0 Å². The van der Waals surface area contributed by atoms with Gasteiger partial charge in [0.2, 0.25) is 0 Å². The quantitative estimate of drug-likeness (QED) is 0.754. The molecule has 0 unspecified atom stereocenters. The van der Waals surface area contributed by atoms with E-state index in [1.165, 1.54) is 0 Å². The molecule has 1 aliphatic rings. The number of carbonyl (C=O) groups is 1. The van der Waals surface area contributed by atoms with Gasteiger partial charge in [-0.1, -0.05) is 0 Å². The van der Waals surface area contributed by atoms with Gasteiger partial charge in [0.25, 0.3) is 5.91 Å². The molecular formula is C12H17N3O. The van der Waals surface area contributed by atoms with Crippen molar-refractivity contribution in [3.63, 3.8) is 0 Å². The SMILES string of the molecule is CN(C)c1ccc(C(=O)N2CCCC2)cn1. The lowest BCUT2D eigenvalue weighted by Crippen LogP contribution is -2.27. The first kappa shape index (κ1) is 10.9. The molecule has 0 aliphatic carbocycles. The van der Waals surface area contributed by atoms with E-state index in [1.807, 2.05) is 36.0 Å². The van der Waals surface area contributed by atoms with Crippen LogP contribution in [0.1, 0.15) is 23.2 Å². The lowest BCUT2D eigenvalue weighted by Gasteiger charge is -2.16. The molecule has 2 rings (SSSR count). The summed E-state index contributed by atoms with van der Waals surface area (Å²) in [5.74, 6) is 0.980. The van der Waals surface area contributed by atoms with Gasteiger partial charge in [0, 0.05) is 33.4 Å². The van der Waals surface area contributed by atoms with E-state index in [9.17, 15) is 4.79 Å². The molecule has 1 aromatic heterocycles. The monoisotopic (exact) mass is 219 g/mol. The van der Waals surface area contributed by atoms with Crippen LogP contribution >= 0.6 is 0 Å². The Labute approximate surface area is 95.9 Å². The molecule has 86 valence electrons. The number of amides is 1. The Balaban J connectivity index is 2.11. The predicted molar refractivity (Wildman–Crippen MR) is 63.7 cm³/mol. The average Bonchev–Trinajstić information content (AvgIpc) is 2.81. The lowest BCUT2D eigenvalue weighted by molar-refractivity contribution is 0.0792. The number of pyridine rings is 1. The maximum atomic E-state index is 12.0. The molecule has 1 amide bonds. The van der Waals surface area contributed by atoms with E-state index in [0.717, 1.165) is 31.7 Å². The predicted octanol–water partition coefficient (Wildman–Crippen LogP) is 1.38. The summed E-state index contributed by atoms with van der Waals surface area (Å²) < 4.78 is 0. The molecule has 4 nitrogen and oxygen atoms in total.